The van der Waals surface area contributed by atoms with E-state index in [4.69, 9.17) is 16.6 Å². The van der Waals surface area contributed by atoms with Crippen LogP contribution in [0.5, 0.6) is 0 Å². The average molecular weight is 308 g/mol. The molecule has 106 valence electrons. The molecule has 1 saturated carbocycles. The Bertz CT molecular complexity index is 593. The molecule has 3 nitrogen and oxygen atoms in total. The maximum absolute atomic E-state index is 6.27. The molecule has 2 aromatic heterocycles. The molecule has 0 bridgehead atoms. The van der Waals surface area contributed by atoms with E-state index in [0.29, 0.717) is 11.2 Å². The van der Waals surface area contributed by atoms with Crippen molar-refractivity contribution in [3.63, 3.8) is 0 Å². The molecular formula is C15H18ClN3S. The van der Waals surface area contributed by atoms with Gasteiger partial charge in [0.25, 0.3) is 0 Å². The van der Waals surface area contributed by atoms with Gasteiger partial charge in [-0.25, -0.2) is 9.97 Å². The Morgan fingerprint density at radius 3 is 2.80 bits per heavy atom. The number of anilines is 1. The second kappa shape index (κ2) is 5.70. The molecule has 0 atom stereocenters. The molecule has 0 spiro atoms. The number of nitrogens with zero attached hydrogens (tertiary/aromatic N) is 3. The third-order valence-corrected chi connectivity index (χ3v) is 4.72. The lowest BCUT2D eigenvalue weighted by molar-refractivity contribution is 0.761. The highest BCUT2D eigenvalue weighted by Gasteiger charge is 2.31. The van der Waals surface area contributed by atoms with Gasteiger partial charge in [0.15, 0.2) is 0 Å². The monoisotopic (exact) mass is 307 g/mol. The van der Waals surface area contributed by atoms with Crippen LogP contribution >= 0.6 is 22.9 Å². The smallest absolute Gasteiger partial charge is 0.137 e. The Balaban J connectivity index is 1.96. The van der Waals surface area contributed by atoms with Crippen LogP contribution in [0.4, 0.5) is 5.82 Å². The van der Waals surface area contributed by atoms with Crippen molar-refractivity contribution in [3.8, 4) is 0 Å². The largest absolute Gasteiger partial charge is 0.349 e. The molecule has 1 aliphatic carbocycles. The van der Waals surface area contributed by atoms with Gasteiger partial charge in [-0.1, -0.05) is 18.5 Å². The van der Waals surface area contributed by atoms with Crippen molar-refractivity contribution in [2.45, 2.75) is 45.7 Å². The minimum atomic E-state index is 0.586. The highest BCUT2D eigenvalue weighted by molar-refractivity contribution is 7.07. The molecule has 2 aromatic rings. The van der Waals surface area contributed by atoms with Crippen molar-refractivity contribution in [1.82, 2.24) is 9.97 Å². The number of hydrogen-bond donors (Lipinski definition) is 0. The predicted octanol–water partition coefficient (Wildman–Crippen LogP) is 4.23. The fourth-order valence-corrected chi connectivity index (χ4v) is 3.14. The van der Waals surface area contributed by atoms with E-state index in [1.807, 2.05) is 6.92 Å². The first-order valence-electron chi connectivity index (χ1n) is 6.99. The summed E-state index contributed by atoms with van der Waals surface area (Å²) >= 11 is 8.01. The van der Waals surface area contributed by atoms with Crippen LogP contribution in [-0.2, 0) is 13.0 Å². The summed E-state index contributed by atoms with van der Waals surface area (Å²) in [6, 6.07) is 2.78. The zero-order valence-electron chi connectivity index (χ0n) is 11.8. The lowest BCUT2D eigenvalue weighted by Gasteiger charge is -2.25. The van der Waals surface area contributed by atoms with Crippen LogP contribution < -0.4 is 4.90 Å². The van der Waals surface area contributed by atoms with E-state index in [9.17, 15) is 0 Å². The highest BCUT2D eigenvalue weighted by Crippen LogP contribution is 2.35. The minimum Gasteiger partial charge on any atom is -0.349 e. The Kier molecular flexibility index (Phi) is 3.94. The molecule has 2 heterocycles. The molecule has 0 unspecified atom stereocenters. The van der Waals surface area contributed by atoms with E-state index in [1.54, 1.807) is 11.3 Å². The van der Waals surface area contributed by atoms with E-state index < -0.39 is 0 Å². The van der Waals surface area contributed by atoms with Gasteiger partial charge in [0.2, 0.25) is 0 Å². The van der Waals surface area contributed by atoms with Gasteiger partial charge >= 0.3 is 0 Å². The zero-order chi connectivity index (χ0) is 14.1. The quantitative estimate of drug-likeness (QED) is 0.774. The molecule has 3 rings (SSSR count). The average Bonchev–Trinajstić information content (AvgIpc) is 3.16. The van der Waals surface area contributed by atoms with Crippen molar-refractivity contribution in [1.29, 1.82) is 0 Å². The lowest BCUT2D eigenvalue weighted by atomic mass is 10.2. The number of aromatic nitrogens is 2. The molecular weight excluding hydrogens is 290 g/mol. The van der Waals surface area contributed by atoms with Crippen LogP contribution in [-0.4, -0.2) is 16.0 Å². The molecule has 0 saturated heterocycles. The fraction of sp³-hybridized carbons (Fsp3) is 0.467. The molecule has 0 N–H and O–H groups in total. The molecule has 1 fully saturated rings. The van der Waals surface area contributed by atoms with Crippen LogP contribution in [0.25, 0.3) is 0 Å². The number of aryl methyl sites for hydroxylation is 1. The summed E-state index contributed by atoms with van der Waals surface area (Å²) in [4.78, 5) is 11.5. The van der Waals surface area contributed by atoms with E-state index in [1.165, 1.54) is 18.4 Å². The van der Waals surface area contributed by atoms with Gasteiger partial charge in [-0.05, 0) is 42.2 Å². The summed E-state index contributed by atoms with van der Waals surface area (Å²) in [5.74, 6) is 1.84. The molecule has 0 amide bonds. The molecule has 5 heteroatoms. The Hall–Kier alpha value is -1.13. The van der Waals surface area contributed by atoms with Gasteiger partial charge < -0.3 is 4.90 Å². The Labute approximate surface area is 128 Å². The third-order valence-electron chi connectivity index (χ3n) is 3.62. The van der Waals surface area contributed by atoms with Crippen molar-refractivity contribution < 1.29 is 0 Å². The Morgan fingerprint density at radius 2 is 2.20 bits per heavy atom. The second-order valence-corrected chi connectivity index (χ2v) is 6.36. The van der Waals surface area contributed by atoms with Crippen molar-refractivity contribution in [2.75, 3.05) is 4.90 Å². The van der Waals surface area contributed by atoms with Crippen molar-refractivity contribution in [2.24, 2.45) is 0 Å². The number of thiophene rings is 1. The van der Waals surface area contributed by atoms with Crippen LogP contribution in [0, 0.1) is 6.92 Å². The summed E-state index contributed by atoms with van der Waals surface area (Å²) < 4.78 is 0. The van der Waals surface area contributed by atoms with E-state index in [-0.39, 0.29) is 0 Å². The van der Waals surface area contributed by atoms with Gasteiger partial charge in [-0.3, -0.25) is 0 Å². The van der Waals surface area contributed by atoms with Crippen LogP contribution in [0.1, 0.15) is 36.7 Å². The van der Waals surface area contributed by atoms with Gasteiger partial charge in [0.1, 0.15) is 16.8 Å². The molecule has 0 aliphatic heterocycles. The van der Waals surface area contributed by atoms with Gasteiger partial charge in [0.05, 0.1) is 0 Å². The Morgan fingerprint density at radius 1 is 1.40 bits per heavy atom. The normalized spacial score (nSPS) is 14.6. The minimum absolute atomic E-state index is 0.586. The number of rotatable bonds is 5. The first kappa shape index (κ1) is 13.8. The summed E-state index contributed by atoms with van der Waals surface area (Å²) in [6.45, 7) is 4.98. The first-order chi connectivity index (χ1) is 9.69. The van der Waals surface area contributed by atoms with Gasteiger partial charge in [-0.15, -0.1) is 0 Å². The van der Waals surface area contributed by atoms with Crippen LogP contribution in [0.3, 0.4) is 0 Å². The molecule has 1 aliphatic rings. The SMILES string of the molecule is CCc1nc(Cl)c(C)c(N(Cc2ccsc2)C2CC2)n1. The van der Waals surface area contributed by atoms with Crippen molar-refractivity contribution >= 4 is 28.8 Å². The summed E-state index contributed by atoms with van der Waals surface area (Å²) in [6.07, 6.45) is 3.29. The maximum Gasteiger partial charge on any atom is 0.137 e. The van der Waals surface area contributed by atoms with Crippen LogP contribution in [0.15, 0.2) is 16.8 Å². The van der Waals surface area contributed by atoms with Crippen LogP contribution in [0.2, 0.25) is 5.15 Å². The van der Waals surface area contributed by atoms with Gasteiger partial charge in [0, 0.05) is 24.6 Å². The third kappa shape index (κ3) is 2.81. The second-order valence-electron chi connectivity index (χ2n) is 5.22. The van der Waals surface area contributed by atoms with Crippen molar-refractivity contribution in [3.05, 3.63) is 38.9 Å². The predicted molar refractivity (Wildman–Crippen MR) is 84.7 cm³/mol. The molecule has 20 heavy (non-hydrogen) atoms. The molecule has 0 radical (unpaired) electrons. The fourth-order valence-electron chi connectivity index (χ4n) is 2.30. The maximum atomic E-state index is 6.27. The van der Waals surface area contributed by atoms with E-state index >= 15 is 0 Å². The van der Waals surface area contributed by atoms with E-state index in [2.05, 4.69) is 33.6 Å². The number of halogens is 1. The summed E-state index contributed by atoms with van der Waals surface area (Å²) in [5, 5.41) is 4.91. The van der Waals surface area contributed by atoms with E-state index in [0.717, 1.165) is 30.2 Å². The zero-order valence-corrected chi connectivity index (χ0v) is 13.3. The summed E-state index contributed by atoms with van der Waals surface area (Å²) in [7, 11) is 0. The number of hydrogen-bond acceptors (Lipinski definition) is 4. The first-order valence-corrected chi connectivity index (χ1v) is 8.32. The highest BCUT2D eigenvalue weighted by atomic mass is 35.5. The van der Waals surface area contributed by atoms with Gasteiger partial charge in [-0.2, -0.15) is 11.3 Å². The standard InChI is InChI=1S/C15H18ClN3S/c1-3-13-17-14(16)10(2)15(18-13)19(12-4-5-12)8-11-6-7-20-9-11/h6-7,9,12H,3-5,8H2,1-2H3. The molecule has 0 aromatic carbocycles. The summed E-state index contributed by atoms with van der Waals surface area (Å²) in [5.41, 5.74) is 2.33. The topological polar surface area (TPSA) is 29.0 Å². The lowest BCUT2D eigenvalue weighted by Crippen LogP contribution is -2.27.